The number of para-hydroxylation sites is 2. The first-order valence-electron chi connectivity index (χ1n) is 29.2. The van der Waals surface area contributed by atoms with E-state index in [0.29, 0.717) is 0 Å². The van der Waals surface area contributed by atoms with Crippen LogP contribution in [-0.2, 0) is 0 Å². The van der Waals surface area contributed by atoms with Crippen LogP contribution in [0.25, 0.3) is 187 Å². The fourth-order valence-corrected chi connectivity index (χ4v) is 18.5. The lowest BCUT2D eigenvalue weighted by molar-refractivity contribution is 1.17. The lowest BCUT2D eigenvalue weighted by Gasteiger charge is -2.37. The van der Waals surface area contributed by atoms with Crippen LogP contribution < -0.4 is 21.9 Å². The third-order valence-corrected chi connectivity index (χ3v) is 21.2. The summed E-state index contributed by atoms with van der Waals surface area (Å²) in [5.74, 6) is 0. The molecule has 0 atom stereocenters. The maximum absolute atomic E-state index is 2.84. The van der Waals surface area contributed by atoms with Gasteiger partial charge in [-0.3, -0.25) is 0 Å². The topological polar surface area (TPSA) is 19.7 Å². The Morgan fingerprint density at radius 1 is 0.280 bits per heavy atom. The van der Waals surface area contributed by atoms with Crippen molar-refractivity contribution in [1.29, 1.82) is 0 Å². The maximum Gasteiger partial charge on any atom is 0.333 e. The fraction of sp³-hybridized carbons (Fsp3) is 0.0263. The lowest BCUT2D eigenvalue weighted by atomic mass is 9.44. The van der Waals surface area contributed by atoms with E-state index in [1.165, 1.54) is 220 Å². The van der Waals surface area contributed by atoms with Gasteiger partial charge < -0.3 is 18.1 Å². The summed E-state index contributed by atoms with van der Waals surface area (Å²) in [6, 6.07) is 80.4. The van der Waals surface area contributed by atoms with E-state index in [1.807, 2.05) is 0 Å². The van der Waals surface area contributed by atoms with Crippen LogP contribution in [0.5, 0.6) is 0 Å². The van der Waals surface area contributed by atoms with Crippen molar-refractivity contribution in [3.05, 3.63) is 217 Å². The molecule has 4 aromatic heterocycles. The van der Waals surface area contributed by atoms with Crippen molar-refractivity contribution in [3.63, 3.8) is 0 Å². The Balaban J connectivity index is 0.940. The van der Waals surface area contributed by atoms with E-state index in [0.717, 1.165) is 0 Å². The highest BCUT2D eigenvalue weighted by Crippen LogP contribution is 2.58. The van der Waals surface area contributed by atoms with Gasteiger partial charge in [0.1, 0.15) is 0 Å². The average Bonchev–Trinajstić information content (AvgIpc) is 1.74. The number of benzene rings is 13. The predicted octanol–water partition coefficient (Wildman–Crippen LogP) is 16.2. The summed E-state index contributed by atoms with van der Waals surface area (Å²) in [5.41, 5.74) is 37.2. The molecule has 0 N–H and O–H groups in total. The van der Waals surface area contributed by atoms with Crippen LogP contribution >= 0.6 is 0 Å². The predicted molar refractivity (Wildman–Crippen MR) is 346 cm³/mol. The quantitative estimate of drug-likeness (QED) is 0.135. The highest BCUT2D eigenvalue weighted by molar-refractivity contribution is 6.92. The largest absolute Gasteiger partial charge is 0.375 e. The molecule has 4 aliphatic heterocycles. The summed E-state index contributed by atoms with van der Waals surface area (Å²) >= 11 is 0. The molecule has 0 bridgehead atoms. The first-order valence-corrected chi connectivity index (χ1v) is 29.2. The van der Waals surface area contributed by atoms with E-state index in [-0.39, 0.29) is 13.7 Å². The molecule has 370 valence electrons. The number of rotatable bonds is 0. The van der Waals surface area contributed by atoms with Crippen LogP contribution in [0, 0.1) is 13.8 Å². The monoisotopic (exact) mass is 1030 g/mol. The molecular weight excluding hydrogens is 990 g/mol. The van der Waals surface area contributed by atoms with Crippen LogP contribution in [0.1, 0.15) is 11.1 Å². The third kappa shape index (κ3) is 4.09. The van der Waals surface area contributed by atoms with Gasteiger partial charge in [-0.25, -0.2) is 0 Å². The Labute approximate surface area is 469 Å². The Kier molecular flexibility index (Phi) is 6.54. The number of aryl methyl sites for hydroxylation is 2. The summed E-state index contributed by atoms with van der Waals surface area (Å²) in [4.78, 5) is 0. The highest BCUT2D eigenvalue weighted by atomic mass is 15.0. The second-order valence-electron chi connectivity index (χ2n) is 24.5. The summed E-state index contributed by atoms with van der Waals surface area (Å²) in [5, 5.41) is 16.1. The molecule has 82 heavy (non-hydrogen) atoms. The summed E-state index contributed by atoms with van der Waals surface area (Å²) in [7, 11) is 0. The van der Waals surface area contributed by atoms with Crippen LogP contribution in [0.15, 0.2) is 206 Å². The Morgan fingerprint density at radius 3 is 1.09 bits per heavy atom. The summed E-state index contributed by atoms with van der Waals surface area (Å²) in [6.45, 7) is 4.60. The molecule has 0 amide bonds. The molecular formula is C76H40B2N4. The Bertz CT molecular complexity index is 5800. The number of hydrogen-bond acceptors (Lipinski definition) is 0. The molecule has 8 heterocycles. The van der Waals surface area contributed by atoms with Gasteiger partial charge in [0.05, 0.1) is 22.1 Å². The van der Waals surface area contributed by atoms with E-state index in [4.69, 9.17) is 0 Å². The summed E-state index contributed by atoms with van der Waals surface area (Å²) < 4.78 is 11.1. The molecule has 0 radical (unpaired) electrons. The van der Waals surface area contributed by atoms with Gasteiger partial charge in [-0.2, -0.15) is 0 Å². The van der Waals surface area contributed by atoms with Crippen molar-refractivity contribution < 1.29 is 0 Å². The normalized spacial score (nSPS) is 13.9. The molecule has 6 aliphatic rings. The highest BCUT2D eigenvalue weighted by Gasteiger charge is 2.49. The smallest absolute Gasteiger partial charge is 0.333 e. The minimum absolute atomic E-state index is 0.0960. The van der Waals surface area contributed by atoms with Gasteiger partial charge in [0.2, 0.25) is 0 Å². The molecule has 0 unspecified atom stereocenters. The molecule has 6 heteroatoms. The number of aromatic nitrogens is 4. The van der Waals surface area contributed by atoms with Crippen molar-refractivity contribution in [2.45, 2.75) is 13.8 Å². The molecule has 0 spiro atoms. The van der Waals surface area contributed by atoms with E-state index in [1.54, 1.807) is 0 Å². The minimum atomic E-state index is -0.0960. The van der Waals surface area contributed by atoms with Gasteiger partial charge in [-0.05, 0) is 160 Å². The number of fused-ring (bicyclic) bond motifs is 24. The van der Waals surface area contributed by atoms with Gasteiger partial charge in [0.15, 0.2) is 0 Å². The molecule has 0 fully saturated rings. The molecule has 2 aliphatic carbocycles. The van der Waals surface area contributed by atoms with Gasteiger partial charge in [-0.15, -0.1) is 0 Å². The van der Waals surface area contributed by atoms with Crippen molar-refractivity contribution in [3.8, 4) is 78.1 Å². The molecule has 4 nitrogen and oxygen atoms in total. The van der Waals surface area contributed by atoms with Gasteiger partial charge >= 0.3 is 13.7 Å². The van der Waals surface area contributed by atoms with Crippen molar-refractivity contribution in [1.82, 2.24) is 18.1 Å². The van der Waals surface area contributed by atoms with Crippen molar-refractivity contribution in [2.24, 2.45) is 0 Å². The van der Waals surface area contributed by atoms with Gasteiger partial charge in [0.25, 0.3) is 0 Å². The first-order chi connectivity index (χ1) is 40.6. The number of hydrogen-bond donors (Lipinski definition) is 0. The third-order valence-electron chi connectivity index (χ3n) is 21.2. The van der Waals surface area contributed by atoms with Crippen LogP contribution in [0.3, 0.4) is 0 Å². The minimum Gasteiger partial charge on any atom is -0.375 e. The van der Waals surface area contributed by atoms with Crippen molar-refractivity contribution in [2.75, 3.05) is 0 Å². The average molecular weight is 1030 g/mol. The molecule has 0 saturated carbocycles. The maximum atomic E-state index is 2.84. The van der Waals surface area contributed by atoms with Crippen LogP contribution in [0.4, 0.5) is 0 Å². The van der Waals surface area contributed by atoms with Gasteiger partial charge in [-0.1, -0.05) is 170 Å². The van der Waals surface area contributed by atoms with Gasteiger partial charge in [0, 0.05) is 87.7 Å². The van der Waals surface area contributed by atoms with Crippen LogP contribution in [-0.4, -0.2) is 31.8 Å². The van der Waals surface area contributed by atoms with Crippen LogP contribution in [0.2, 0.25) is 0 Å². The molecule has 17 aromatic rings. The second-order valence-corrected chi connectivity index (χ2v) is 24.5. The van der Waals surface area contributed by atoms with E-state index in [9.17, 15) is 0 Å². The summed E-state index contributed by atoms with van der Waals surface area (Å²) in [6.07, 6.45) is 0. The SMILES string of the molecule is Cc1ccc2c3c1-c1c4c5ccccc5n5c4c(c4c6ccccc6n(c14)B3c1cc3cccc4c3c3c6c(cccc6n-2c13)-c1ccccc1-4)-c1c(C)ccc2c1B5c1cc3cccc4c3c3c5c(cccc5n-2c13)-c1ccccc1-4. The van der Waals surface area contributed by atoms with E-state index < -0.39 is 0 Å². The molecule has 0 saturated heterocycles. The zero-order valence-corrected chi connectivity index (χ0v) is 44.6. The molecule has 23 rings (SSSR count). The van der Waals surface area contributed by atoms with E-state index in [2.05, 4.69) is 238 Å². The van der Waals surface area contributed by atoms with Crippen molar-refractivity contribution >= 4 is 144 Å². The first kappa shape index (κ1) is 40.8. The van der Waals surface area contributed by atoms with E-state index >= 15 is 0 Å². The zero-order chi connectivity index (χ0) is 52.6. The zero-order valence-electron chi connectivity index (χ0n) is 44.6. The Hall–Kier alpha value is -10.3. The molecule has 13 aromatic carbocycles. The Morgan fingerprint density at radius 2 is 0.646 bits per heavy atom. The number of nitrogens with zero attached hydrogens (tertiary/aromatic N) is 4. The fourth-order valence-electron chi connectivity index (χ4n) is 18.5. The second kappa shape index (κ2) is 13.1. The lowest BCUT2D eigenvalue weighted by Crippen LogP contribution is -2.56. The standard InChI is InChI=1S/C76H40B2N4/c1-37-31-33-57-71-59(37)67-65-49-21-7-9-27-53(49)82-76(65)68(60-38(2)32-34-58-72(60)78(82)52-36-40-16-12-24-46-42-18-4-6-20-44(42)48-26-14-30-56-64(48)70(62(40)46)74(52)80(56)58)66-50-22-8-10-28-54(50)81(75(66)67)77(71)51-35-39-15-11-23-45-41-17-3-5-19-43(41)47-25-13-29-55-63(47)69(61(39)45)73(51)79(55)57/h3-36H,1-2H3.